The van der Waals surface area contributed by atoms with Gasteiger partial charge in [-0.25, -0.2) is 4.79 Å². The SMILES string of the molecule is Cc1ccc(CN2C(=O)C(=Cc3ccc(-c4ccc(C(=O)O)cc4)o3)SC2=S)cc1. The lowest BCUT2D eigenvalue weighted by atomic mass is 10.1. The summed E-state index contributed by atoms with van der Waals surface area (Å²) in [5.41, 5.74) is 3.15. The number of carboxylic acid groups (broad SMARTS) is 1. The van der Waals surface area contributed by atoms with Crippen molar-refractivity contribution in [1.82, 2.24) is 4.90 Å². The fourth-order valence-corrected chi connectivity index (χ4v) is 4.24. The number of aryl methyl sites for hydroxylation is 1. The second-order valence-corrected chi connectivity index (χ2v) is 8.51. The van der Waals surface area contributed by atoms with Gasteiger partial charge in [0, 0.05) is 11.6 Å². The van der Waals surface area contributed by atoms with Crippen LogP contribution in [0.25, 0.3) is 17.4 Å². The molecule has 1 aliphatic heterocycles. The average molecular weight is 436 g/mol. The minimum absolute atomic E-state index is 0.144. The van der Waals surface area contributed by atoms with Crippen molar-refractivity contribution in [3.05, 3.63) is 88.0 Å². The van der Waals surface area contributed by atoms with Crippen molar-refractivity contribution in [3.8, 4) is 11.3 Å². The number of thiocarbonyl (C=S) groups is 1. The molecule has 0 radical (unpaired) electrons. The van der Waals surface area contributed by atoms with E-state index in [0.717, 1.165) is 16.7 Å². The molecule has 5 nitrogen and oxygen atoms in total. The van der Waals surface area contributed by atoms with Crippen molar-refractivity contribution in [2.45, 2.75) is 13.5 Å². The molecule has 0 unspecified atom stereocenters. The van der Waals surface area contributed by atoms with E-state index in [1.807, 2.05) is 31.2 Å². The summed E-state index contributed by atoms with van der Waals surface area (Å²) in [6.07, 6.45) is 1.68. The Morgan fingerprint density at radius 1 is 1.10 bits per heavy atom. The Morgan fingerprint density at radius 2 is 1.80 bits per heavy atom. The molecular formula is C23H17NO4S2. The van der Waals surface area contributed by atoms with E-state index < -0.39 is 5.97 Å². The standard InChI is InChI=1S/C23H17NO4S2/c1-14-2-4-15(5-3-14)13-24-21(25)20(30-23(24)29)12-18-10-11-19(28-18)16-6-8-17(9-7-16)22(26)27/h2-12H,13H2,1H3,(H,26,27). The minimum Gasteiger partial charge on any atom is -0.478 e. The zero-order valence-electron chi connectivity index (χ0n) is 16.0. The van der Waals surface area contributed by atoms with Gasteiger partial charge in [-0.3, -0.25) is 9.69 Å². The molecule has 7 heteroatoms. The fourth-order valence-electron chi connectivity index (χ4n) is 3.00. The highest BCUT2D eigenvalue weighted by Gasteiger charge is 2.32. The first-order valence-electron chi connectivity index (χ1n) is 9.15. The molecule has 1 saturated heterocycles. The largest absolute Gasteiger partial charge is 0.478 e. The van der Waals surface area contributed by atoms with Crippen LogP contribution in [-0.4, -0.2) is 26.2 Å². The highest BCUT2D eigenvalue weighted by Crippen LogP contribution is 2.34. The summed E-state index contributed by atoms with van der Waals surface area (Å²) < 4.78 is 6.35. The Kier molecular flexibility index (Phi) is 5.57. The number of nitrogens with zero attached hydrogens (tertiary/aromatic N) is 1. The van der Waals surface area contributed by atoms with Crippen molar-refractivity contribution in [2.75, 3.05) is 0 Å². The van der Waals surface area contributed by atoms with Crippen LogP contribution >= 0.6 is 24.0 Å². The number of amides is 1. The number of furan rings is 1. The molecule has 0 saturated carbocycles. The zero-order valence-corrected chi connectivity index (χ0v) is 17.6. The van der Waals surface area contributed by atoms with E-state index in [1.54, 1.807) is 35.2 Å². The normalized spacial score (nSPS) is 15.2. The molecule has 0 bridgehead atoms. The van der Waals surface area contributed by atoms with Gasteiger partial charge < -0.3 is 9.52 Å². The van der Waals surface area contributed by atoms with E-state index in [-0.39, 0.29) is 11.5 Å². The first-order valence-corrected chi connectivity index (χ1v) is 10.4. The van der Waals surface area contributed by atoms with Gasteiger partial charge in [-0.1, -0.05) is 65.9 Å². The molecule has 30 heavy (non-hydrogen) atoms. The number of benzene rings is 2. The molecule has 1 aliphatic rings. The maximum Gasteiger partial charge on any atom is 0.335 e. The summed E-state index contributed by atoms with van der Waals surface area (Å²) in [6.45, 7) is 2.45. The molecule has 0 spiro atoms. The lowest BCUT2D eigenvalue weighted by Crippen LogP contribution is -2.27. The van der Waals surface area contributed by atoms with E-state index in [2.05, 4.69) is 0 Å². The molecule has 1 N–H and O–H groups in total. The lowest BCUT2D eigenvalue weighted by molar-refractivity contribution is -0.122. The summed E-state index contributed by atoms with van der Waals surface area (Å²) in [5, 5.41) is 9.00. The number of thioether (sulfide) groups is 1. The van der Waals surface area contributed by atoms with Gasteiger partial charge in [0.25, 0.3) is 5.91 Å². The number of carboxylic acids is 1. The Balaban J connectivity index is 1.51. The summed E-state index contributed by atoms with van der Waals surface area (Å²) >= 11 is 6.65. The lowest BCUT2D eigenvalue weighted by Gasteiger charge is -2.14. The van der Waals surface area contributed by atoms with Crippen LogP contribution in [0.1, 0.15) is 27.2 Å². The number of carbonyl (C=O) groups excluding carboxylic acids is 1. The summed E-state index contributed by atoms with van der Waals surface area (Å²) in [4.78, 5) is 25.9. The van der Waals surface area contributed by atoms with Gasteiger partial charge in [0.05, 0.1) is 17.0 Å². The Bertz CT molecular complexity index is 1160. The van der Waals surface area contributed by atoms with Gasteiger partial charge in [0.2, 0.25) is 0 Å². The number of rotatable bonds is 5. The van der Waals surface area contributed by atoms with Crippen molar-refractivity contribution in [1.29, 1.82) is 0 Å². The molecule has 1 amide bonds. The van der Waals surface area contributed by atoms with Gasteiger partial charge in [-0.2, -0.15) is 0 Å². The van der Waals surface area contributed by atoms with Crippen molar-refractivity contribution in [3.63, 3.8) is 0 Å². The van der Waals surface area contributed by atoms with Crippen molar-refractivity contribution < 1.29 is 19.1 Å². The maximum absolute atomic E-state index is 12.8. The molecule has 0 aliphatic carbocycles. The first kappa shape index (κ1) is 20.1. The Morgan fingerprint density at radius 3 is 2.47 bits per heavy atom. The molecule has 1 aromatic heterocycles. The van der Waals surface area contributed by atoms with E-state index >= 15 is 0 Å². The average Bonchev–Trinajstić information content (AvgIpc) is 3.30. The van der Waals surface area contributed by atoms with Crippen LogP contribution in [0.4, 0.5) is 0 Å². The minimum atomic E-state index is -0.977. The topological polar surface area (TPSA) is 70.8 Å². The maximum atomic E-state index is 12.8. The molecule has 150 valence electrons. The predicted octanol–water partition coefficient (Wildman–Crippen LogP) is 5.35. The van der Waals surface area contributed by atoms with Crippen molar-refractivity contribution in [2.24, 2.45) is 0 Å². The molecule has 0 atom stereocenters. The van der Waals surface area contributed by atoms with Crippen LogP contribution in [0, 0.1) is 6.92 Å². The van der Waals surface area contributed by atoms with Gasteiger partial charge in [0.1, 0.15) is 15.8 Å². The molecule has 2 aromatic carbocycles. The van der Waals surface area contributed by atoms with Crippen LogP contribution in [0.2, 0.25) is 0 Å². The number of carbonyl (C=O) groups is 2. The third-order valence-electron chi connectivity index (χ3n) is 4.65. The summed E-state index contributed by atoms with van der Waals surface area (Å²) in [5.74, 6) is 0.000143. The number of hydrogen-bond donors (Lipinski definition) is 1. The van der Waals surface area contributed by atoms with Gasteiger partial charge >= 0.3 is 5.97 Å². The Labute approximate surface area is 183 Å². The first-order chi connectivity index (χ1) is 14.4. The highest BCUT2D eigenvalue weighted by molar-refractivity contribution is 8.26. The Hall–Kier alpha value is -3.16. The summed E-state index contributed by atoms with van der Waals surface area (Å²) in [7, 11) is 0. The molecule has 3 aromatic rings. The van der Waals surface area contributed by atoms with Gasteiger partial charge in [-0.05, 0) is 36.8 Å². The van der Waals surface area contributed by atoms with E-state index in [0.29, 0.717) is 27.3 Å². The van der Waals surface area contributed by atoms with E-state index in [4.69, 9.17) is 21.7 Å². The van der Waals surface area contributed by atoms with Crippen molar-refractivity contribution >= 4 is 46.3 Å². The van der Waals surface area contributed by atoms with E-state index in [1.165, 1.54) is 23.9 Å². The molecule has 1 fully saturated rings. The van der Waals surface area contributed by atoms with Crippen LogP contribution in [0.15, 0.2) is 70.0 Å². The number of aromatic carboxylic acids is 1. The molecule has 4 rings (SSSR count). The van der Waals surface area contributed by atoms with E-state index in [9.17, 15) is 9.59 Å². The molecular weight excluding hydrogens is 418 g/mol. The van der Waals surface area contributed by atoms with Gasteiger partial charge in [-0.15, -0.1) is 0 Å². The predicted molar refractivity (Wildman–Crippen MR) is 121 cm³/mol. The highest BCUT2D eigenvalue weighted by atomic mass is 32.2. The van der Waals surface area contributed by atoms with Crippen LogP contribution in [0.3, 0.4) is 0 Å². The third kappa shape index (κ3) is 4.22. The quantitative estimate of drug-likeness (QED) is 0.430. The van der Waals surface area contributed by atoms with Gasteiger partial charge in [0.15, 0.2) is 0 Å². The second-order valence-electron chi connectivity index (χ2n) is 6.84. The monoisotopic (exact) mass is 435 g/mol. The second kappa shape index (κ2) is 8.30. The third-order valence-corrected chi connectivity index (χ3v) is 6.03. The van der Waals surface area contributed by atoms with Crippen LogP contribution in [-0.2, 0) is 11.3 Å². The molecule has 2 heterocycles. The zero-order chi connectivity index (χ0) is 21.3. The number of hydrogen-bond acceptors (Lipinski definition) is 5. The fraction of sp³-hybridized carbons (Fsp3) is 0.0870. The van der Waals surface area contributed by atoms with Crippen LogP contribution in [0.5, 0.6) is 0 Å². The van der Waals surface area contributed by atoms with Crippen LogP contribution < -0.4 is 0 Å². The summed E-state index contributed by atoms with van der Waals surface area (Å²) in [6, 6.07) is 18.0. The smallest absolute Gasteiger partial charge is 0.335 e.